The molecule has 3 heteroatoms. The highest BCUT2D eigenvalue weighted by Gasteiger charge is 2.01. The molecule has 1 aromatic heterocycles. The lowest BCUT2D eigenvalue weighted by Gasteiger charge is -1.95. The van der Waals surface area contributed by atoms with Crippen LogP contribution in [0.2, 0.25) is 0 Å². The molecule has 11 heavy (non-hydrogen) atoms. The van der Waals surface area contributed by atoms with E-state index in [1.807, 2.05) is 19.1 Å². The van der Waals surface area contributed by atoms with Gasteiger partial charge in [0.25, 0.3) is 5.82 Å². The summed E-state index contributed by atoms with van der Waals surface area (Å²) in [6.07, 6.45) is 0. The molecule has 56 valence electrons. The molecule has 1 rings (SSSR count). The second-order valence-corrected chi connectivity index (χ2v) is 2.75. The minimum Gasteiger partial charge on any atom is -0.360 e. The van der Waals surface area contributed by atoms with Crippen LogP contribution in [-0.2, 0) is 5.33 Å². The van der Waals surface area contributed by atoms with E-state index >= 15 is 0 Å². The molecule has 2 nitrogen and oxygen atoms in total. The van der Waals surface area contributed by atoms with E-state index in [0.717, 1.165) is 11.3 Å². The molecular formula is C8H7BrN2. The monoisotopic (exact) mass is 210 g/mol. The average molecular weight is 211 g/mol. The van der Waals surface area contributed by atoms with E-state index in [1.165, 1.54) is 0 Å². The second-order valence-electron chi connectivity index (χ2n) is 2.19. The number of hydrogen-bond acceptors (Lipinski definition) is 1. The Labute approximate surface area is 74.2 Å². The van der Waals surface area contributed by atoms with Crippen LogP contribution in [-0.4, -0.2) is 4.98 Å². The number of rotatable bonds is 1. The van der Waals surface area contributed by atoms with E-state index in [2.05, 4.69) is 25.8 Å². The van der Waals surface area contributed by atoms with Crippen molar-refractivity contribution in [3.63, 3.8) is 0 Å². The van der Waals surface area contributed by atoms with E-state index in [0.29, 0.717) is 11.1 Å². The van der Waals surface area contributed by atoms with Crippen LogP contribution in [0, 0.1) is 13.5 Å². The van der Waals surface area contributed by atoms with Crippen LogP contribution in [0.4, 0.5) is 5.82 Å². The predicted octanol–water partition coefficient (Wildman–Crippen LogP) is 2.84. The molecule has 0 aliphatic rings. The first-order chi connectivity index (χ1) is 5.27. The van der Waals surface area contributed by atoms with Crippen molar-refractivity contribution in [1.82, 2.24) is 4.98 Å². The molecule has 1 heterocycles. The molecule has 0 unspecified atom stereocenters. The summed E-state index contributed by atoms with van der Waals surface area (Å²) in [6.45, 7) is 8.69. The van der Waals surface area contributed by atoms with Gasteiger partial charge in [0, 0.05) is 0 Å². The minimum atomic E-state index is 0.502. The quantitative estimate of drug-likeness (QED) is 0.515. The van der Waals surface area contributed by atoms with Crippen molar-refractivity contribution in [3.8, 4) is 0 Å². The Morgan fingerprint density at radius 1 is 1.64 bits per heavy atom. The van der Waals surface area contributed by atoms with Gasteiger partial charge in [-0.15, -0.1) is 4.98 Å². The number of aromatic nitrogens is 1. The fraction of sp³-hybridized carbons (Fsp3) is 0.250. The van der Waals surface area contributed by atoms with Gasteiger partial charge >= 0.3 is 0 Å². The summed E-state index contributed by atoms with van der Waals surface area (Å²) in [4.78, 5) is 7.40. The van der Waals surface area contributed by atoms with E-state index < -0.39 is 0 Å². The van der Waals surface area contributed by atoms with Crippen LogP contribution < -0.4 is 0 Å². The number of nitrogens with zero attached hydrogens (tertiary/aromatic N) is 2. The number of halogens is 1. The first-order valence-electron chi connectivity index (χ1n) is 3.18. The lowest BCUT2D eigenvalue weighted by molar-refractivity contribution is 1.18. The van der Waals surface area contributed by atoms with E-state index in [-0.39, 0.29) is 0 Å². The van der Waals surface area contributed by atoms with E-state index in [1.54, 1.807) is 0 Å². The molecule has 0 saturated carbocycles. The molecule has 0 saturated heterocycles. The number of alkyl halides is 1. The maximum atomic E-state index is 6.80. The van der Waals surface area contributed by atoms with Crippen LogP contribution in [0.3, 0.4) is 0 Å². The Morgan fingerprint density at radius 3 is 2.91 bits per heavy atom. The highest BCUT2D eigenvalue weighted by atomic mass is 79.9. The number of hydrogen-bond donors (Lipinski definition) is 0. The number of pyridine rings is 1. The van der Waals surface area contributed by atoms with Gasteiger partial charge in [0.1, 0.15) is 5.69 Å². The molecule has 1 aromatic rings. The smallest absolute Gasteiger partial charge is 0.272 e. The predicted molar refractivity (Wildman–Crippen MR) is 47.9 cm³/mol. The van der Waals surface area contributed by atoms with Gasteiger partial charge in [-0.25, -0.2) is 0 Å². The van der Waals surface area contributed by atoms with Crippen molar-refractivity contribution in [1.29, 1.82) is 0 Å². The second kappa shape index (κ2) is 3.49. The minimum absolute atomic E-state index is 0.502. The summed E-state index contributed by atoms with van der Waals surface area (Å²) >= 11 is 3.28. The molecule has 0 aromatic carbocycles. The molecule has 0 N–H and O–H groups in total. The van der Waals surface area contributed by atoms with Crippen LogP contribution in [0.15, 0.2) is 12.1 Å². The summed E-state index contributed by atoms with van der Waals surface area (Å²) in [5.74, 6) is 0.502. The fourth-order valence-electron chi connectivity index (χ4n) is 0.745. The first kappa shape index (κ1) is 8.22. The van der Waals surface area contributed by atoms with Crippen molar-refractivity contribution in [2.45, 2.75) is 12.3 Å². The summed E-state index contributed by atoms with van der Waals surface area (Å²) in [7, 11) is 0. The Kier molecular flexibility index (Phi) is 2.61. The van der Waals surface area contributed by atoms with Gasteiger partial charge < -0.3 is 4.85 Å². The third-order valence-corrected chi connectivity index (χ3v) is 1.95. The lowest BCUT2D eigenvalue weighted by atomic mass is 10.2. The summed E-state index contributed by atoms with van der Waals surface area (Å²) < 4.78 is 0. The standard InChI is InChI=1S/C8H7BrN2/c1-6-3-4-7(5-9)11-8(6)10-2/h3-4H,5H2,1H3. The van der Waals surface area contributed by atoms with Gasteiger partial charge in [-0.1, -0.05) is 28.6 Å². The third-order valence-electron chi connectivity index (χ3n) is 1.37. The SMILES string of the molecule is [C-]#[N+]c1nc(CBr)ccc1C. The van der Waals surface area contributed by atoms with Gasteiger partial charge in [0.05, 0.1) is 5.33 Å². The Balaban J connectivity index is 3.15. The topological polar surface area (TPSA) is 17.2 Å². The highest BCUT2D eigenvalue weighted by Crippen LogP contribution is 2.16. The van der Waals surface area contributed by atoms with Gasteiger partial charge in [0.15, 0.2) is 0 Å². The zero-order valence-corrected chi connectivity index (χ0v) is 7.72. The van der Waals surface area contributed by atoms with Crippen molar-refractivity contribution >= 4 is 21.7 Å². The lowest BCUT2D eigenvalue weighted by Crippen LogP contribution is -1.85. The molecule has 0 bridgehead atoms. The Morgan fingerprint density at radius 2 is 2.36 bits per heavy atom. The molecule has 0 atom stereocenters. The Hall–Kier alpha value is -0.880. The number of aryl methyl sites for hydroxylation is 1. The van der Waals surface area contributed by atoms with Crippen LogP contribution in [0.25, 0.3) is 4.85 Å². The van der Waals surface area contributed by atoms with Gasteiger partial charge in [-0.3, -0.25) is 0 Å². The maximum Gasteiger partial charge on any atom is 0.272 e. The maximum absolute atomic E-state index is 6.80. The zero-order chi connectivity index (χ0) is 8.27. The molecule has 0 spiro atoms. The van der Waals surface area contributed by atoms with E-state index in [9.17, 15) is 0 Å². The van der Waals surface area contributed by atoms with E-state index in [4.69, 9.17) is 6.57 Å². The van der Waals surface area contributed by atoms with Crippen molar-refractivity contribution in [3.05, 3.63) is 34.8 Å². The van der Waals surface area contributed by atoms with Crippen molar-refractivity contribution in [2.24, 2.45) is 0 Å². The normalized spacial score (nSPS) is 9.18. The molecular weight excluding hydrogens is 204 g/mol. The van der Waals surface area contributed by atoms with Gasteiger partial charge in [-0.2, -0.15) is 0 Å². The third kappa shape index (κ3) is 1.78. The van der Waals surface area contributed by atoms with Crippen LogP contribution in [0.5, 0.6) is 0 Å². The summed E-state index contributed by atoms with van der Waals surface area (Å²) in [5, 5.41) is 0.704. The molecule has 0 fully saturated rings. The fourth-order valence-corrected chi connectivity index (χ4v) is 1.06. The summed E-state index contributed by atoms with van der Waals surface area (Å²) in [5.41, 5.74) is 1.84. The van der Waals surface area contributed by atoms with Crippen molar-refractivity contribution in [2.75, 3.05) is 0 Å². The zero-order valence-electron chi connectivity index (χ0n) is 6.13. The molecule has 0 amide bonds. The van der Waals surface area contributed by atoms with Crippen LogP contribution >= 0.6 is 15.9 Å². The van der Waals surface area contributed by atoms with Crippen molar-refractivity contribution < 1.29 is 0 Å². The van der Waals surface area contributed by atoms with Gasteiger partial charge in [-0.05, 0) is 18.6 Å². The average Bonchev–Trinajstić information content (AvgIpc) is 2.05. The molecule has 0 radical (unpaired) electrons. The molecule has 0 aliphatic heterocycles. The largest absolute Gasteiger partial charge is 0.360 e. The highest BCUT2D eigenvalue weighted by molar-refractivity contribution is 9.08. The first-order valence-corrected chi connectivity index (χ1v) is 4.30. The molecule has 0 aliphatic carbocycles. The Bertz CT molecular complexity index is 301. The van der Waals surface area contributed by atoms with Gasteiger partial charge in [0.2, 0.25) is 0 Å². The summed E-state index contributed by atoms with van der Waals surface area (Å²) in [6, 6.07) is 3.83. The van der Waals surface area contributed by atoms with Crippen LogP contribution in [0.1, 0.15) is 11.3 Å².